The first-order valence-electron chi connectivity index (χ1n) is 8.28. The summed E-state index contributed by atoms with van der Waals surface area (Å²) in [5, 5.41) is 10.6. The zero-order chi connectivity index (χ0) is 18.2. The van der Waals surface area contributed by atoms with Crippen LogP contribution in [0.5, 0.6) is 0 Å². The van der Waals surface area contributed by atoms with Crippen LogP contribution < -0.4 is 10.6 Å². The molecule has 1 atom stereocenters. The van der Waals surface area contributed by atoms with Gasteiger partial charge < -0.3 is 15.5 Å². The van der Waals surface area contributed by atoms with Crippen LogP contribution in [0.4, 0.5) is 4.39 Å². The molecule has 2 rings (SSSR count). The first-order valence-corrected chi connectivity index (χ1v) is 8.28. The molecular formula is C17H27FIN7. The highest BCUT2D eigenvalue weighted by atomic mass is 127. The van der Waals surface area contributed by atoms with Crippen molar-refractivity contribution in [3.63, 3.8) is 0 Å². The van der Waals surface area contributed by atoms with Gasteiger partial charge in [0.1, 0.15) is 24.5 Å². The fourth-order valence-electron chi connectivity index (χ4n) is 2.46. The molecule has 0 aliphatic heterocycles. The van der Waals surface area contributed by atoms with E-state index in [1.54, 1.807) is 16.8 Å². The van der Waals surface area contributed by atoms with Gasteiger partial charge in [0.05, 0.1) is 6.04 Å². The number of rotatable bonds is 7. The molecule has 1 heterocycles. The van der Waals surface area contributed by atoms with E-state index in [0.717, 1.165) is 17.9 Å². The Hall–Kier alpha value is -1.75. The number of nitrogens with one attached hydrogen (secondary N) is 2. The maximum absolute atomic E-state index is 13.5. The smallest absolute Gasteiger partial charge is 0.191 e. The van der Waals surface area contributed by atoms with Crippen molar-refractivity contribution in [2.75, 3.05) is 27.2 Å². The molecule has 0 amide bonds. The Labute approximate surface area is 171 Å². The van der Waals surface area contributed by atoms with Gasteiger partial charge in [0.15, 0.2) is 5.96 Å². The largest absolute Gasteiger partial charge is 0.357 e. The van der Waals surface area contributed by atoms with Crippen molar-refractivity contribution in [3.05, 3.63) is 47.8 Å². The molecule has 1 unspecified atom stereocenters. The molecule has 1 aromatic heterocycles. The van der Waals surface area contributed by atoms with Crippen molar-refractivity contribution in [2.24, 2.45) is 12.0 Å². The average Bonchev–Trinajstić information content (AvgIpc) is 2.97. The number of halogens is 2. The first kappa shape index (κ1) is 22.3. The second kappa shape index (κ2) is 11.1. The van der Waals surface area contributed by atoms with Gasteiger partial charge in [0, 0.05) is 20.1 Å². The summed E-state index contributed by atoms with van der Waals surface area (Å²) in [5.41, 5.74) is 0.918. The van der Waals surface area contributed by atoms with Gasteiger partial charge in [-0.3, -0.25) is 4.68 Å². The first-order chi connectivity index (χ1) is 12.0. The maximum Gasteiger partial charge on any atom is 0.191 e. The molecule has 2 aromatic rings. The minimum atomic E-state index is -0.229. The summed E-state index contributed by atoms with van der Waals surface area (Å²) in [6.45, 7) is 3.78. The predicted molar refractivity (Wildman–Crippen MR) is 112 cm³/mol. The molecule has 0 bridgehead atoms. The van der Waals surface area contributed by atoms with Crippen molar-refractivity contribution in [3.8, 4) is 0 Å². The van der Waals surface area contributed by atoms with Crippen LogP contribution >= 0.6 is 24.0 Å². The van der Waals surface area contributed by atoms with E-state index in [0.29, 0.717) is 19.0 Å². The highest BCUT2D eigenvalue weighted by Gasteiger charge is 2.15. The third-order valence-electron chi connectivity index (χ3n) is 3.85. The Morgan fingerprint density at radius 3 is 2.69 bits per heavy atom. The summed E-state index contributed by atoms with van der Waals surface area (Å²) >= 11 is 0. The fraction of sp³-hybridized carbons (Fsp3) is 0.471. The van der Waals surface area contributed by atoms with Gasteiger partial charge in [-0.05, 0) is 38.7 Å². The number of aryl methyl sites for hydroxylation is 1. The molecule has 1 aromatic carbocycles. The number of guanidine groups is 1. The molecule has 144 valence electrons. The van der Waals surface area contributed by atoms with Crippen LogP contribution in [0.1, 0.15) is 24.4 Å². The third kappa shape index (κ3) is 6.52. The highest BCUT2D eigenvalue weighted by Crippen LogP contribution is 2.18. The highest BCUT2D eigenvalue weighted by molar-refractivity contribution is 14.0. The van der Waals surface area contributed by atoms with E-state index in [9.17, 15) is 4.39 Å². The molecule has 26 heavy (non-hydrogen) atoms. The summed E-state index contributed by atoms with van der Waals surface area (Å²) in [4.78, 5) is 10.8. The van der Waals surface area contributed by atoms with E-state index in [2.05, 4.69) is 25.7 Å². The van der Waals surface area contributed by atoms with Crippen LogP contribution in [0.15, 0.2) is 35.6 Å². The summed E-state index contributed by atoms with van der Waals surface area (Å²) in [7, 11) is 5.78. The van der Waals surface area contributed by atoms with Gasteiger partial charge in [-0.15, -0.1) is 24.0 Å². The Balaban J connectivity index is 0.00000338. The number of hydrogen-bond acceptors (Lipinski definition) is 4. The van der Waals surface area contributed by atoms with Crippen LogP contribution in [0, 0.1) is 5.82 Å². The molecule has 2 N–H and O–H groups in total. The van der Waals surface area contributed by atoms with E-state index in [-0.39, 0.29) is 35.8 Å². The van der Waals surface area contributed by atoms with Crippen LogP contribution in [0.25, 0.3) is 0 Å². The van der Waals surface area contributed by atoms with Gasteiger partial charge in [0.2, 0.25) is 0 Å². The molecule has 0 saturated heterocycles. The summed E-state index contributed by atoms with van der Waals surface area (Å²) < 4.78 is 15.2. The second-order valence-corrected chi connectivity index (χ2v) is 5.91. The SMILES string of the molecule is CCNC(=NCc1ncnn1C)NCC(c1cccc(F)c1)N(C)C.I. The average molecular weight is 475 g/mol. The molecule has 0 saturated carbocycles. The van der Waals surface area contributed by atoms with Crippen molar-refractivity contribution in [2.45, 2.75) is 19.5 Å². The lowest BCUT2D eigenvalue weighted by Crippen LogP contribution is -2.41. The van der Waals surface area contributed by atoms with E-state index >= 15 is 0 Å². The molecule has 0 aliphatic rings. The predicted octanol–water partition coefficient (Wildman–Crippen LogP) is 1.93. The second-order valence-electron chi connectivity index (χ2n) is 5.91. The van der Waals surface area contributed by atoms with E-state index in [1.165, 1.54) is 12.4 Å². The van der Waals surface area contributed by atoms with Gasteiger partial charge in [-0.25, -0.2) is 14.4 Å². The number of benzene rings is 1. The van der Waals surface area contributed by atoms with Gasteiger partial charge in [0.25, 0.3) is 0 Å². The number of nitrogens with zero attached hydrogens (tertiary/aromatic N) is 5. The normalized spacial score (nSPS) is 12.6. The molecule has 7 nitrogen and oxygen atoms in total. The van der Waals surface area contributed by atoms with Crippen molar-refractivity contribution >= 4 is 29.9 Å². The van der Waals surface area contributed by atoms with Gasteiger partial charge in [-0.1, -0.05) is 12.1 Å². The summed E-state index contributed by atoms with van der Waals surface area (Å²) in [5.74, 6) is 1.24. The van der Waals surface area contributed by atoms with Crippen LogP contribution in [0.3, 0.4) is 0 Å². The molecule has 0 aliphatic carbocycles. The van der Waals surface area contributed by atoms with Crippen LogP contribution in [-0.4, -0.2) is 52.8 Å². The van der Waals surface area contributed by atoms with Crippen LogP contribution in [0.2, 0.25) is 0 Å². The number of likely N-dealkylation sites (N-methyl/N-ethyl adjacent to an activating group) is 1. The third-order valence-corrected chi connectivity index (χ3v) is 3.85. The lowest BCUT2D eigenvalue weighted by molar-refractivity contribution is 0.297. The Kier molecular flexibility index (Phi) is 9.49. The number of aromatic nitrogens is 3. The topological polar surface area (TPSA) is 70.4 Å². The number of aliphatic imine (C=N–C) groups is 1. The van der Waals surface area contributed by atoms with E-state index < -0.39 is 0 Å². The molecule has 0 fully saturated rings. The van der Waals surface area contributed by atoms with Crippen molar-refractivity contribution in [1.82, 2.24) is 30.3 Å². The maximum atomic E-state index is 13.5. The lowest BCUT2D eigenvalue weighted by atomic mass is 10.1. The van der Waals surface area contributed by atoms with Gasteiger partial charge >= 0.3 is 0 Å². The zero-order valence-corrected chi connectivity index (χ0v) is 17.9. The number of hydrogen-bond donors (Lipinski definition) is 2. The Morgan fingerprint density at radius 1 is 1.35 bits per heavy atom. The van der Waals surface area contributed by atoms with Crippen LogP contribution in [-0.2, 0) is 13.6 Å². The minimum Gasteiger partial charge on any atom is -0.357 e. The molecule has 0 radical (unpaired) electrons. The minimum absolute atomic E-state index is 0. The van der Waals surface area contributed by atoms with Gasteiger partial charge in [-0.2, -0.15) is 5.10 Å². The Morgan fingerprint density at radius 2 is 2.12 bits per heavy atom. The molecule has 0 spiro atoms. The van der Waals surface area contributed by atoms with Crippen molar-refractivity contribution < 1.29 is 4.39 Å². The standard InChI is InChI=1S/C17H26FN7.HI/c1-5-19-17(21-11-16-22-12-23-25(16)4)20-10-15(24(2)3)13-7-6-8-14(18)9-13;/h6-9,12,15H,5,10-11H2,1-4H3,(H2,19,20,21);1H. The molecular weight excluding hydrogens is 448 g/mol. The lowest BCUT2D eigenvalue weighted by Gasteiger charge is -2.26. The summed E-state index contributed by atoms with van der Waals surface area (Å²) in [6.07, 6.45) is 1.51. The van der Waals surface area contributed by atoms with E-state index in [4.69, 9.17) is 0 Å². The quantitative estimate of drug-likeness (QED) is 0.364. The fourth-order valence-corrected chi connectivity index (χ4v) is 2.46. The van der Waals surface area contributed by atoms with Crippen molar-refractivity contribution in [1.29, 1.82) is 0 Å². The zero-order valence-electron chi connectivity index (χ0n) is 15.6. The van der Waals surface area contributed by atoms with E-state index in [1.807, 2.05) is 39.0 Å². The monoisotopic (exact) mass is 475 g/mol. The summed E-state index contributed by atoms with van der Waals surface area (Å²) in [6, 6.07) is 6.70. The Bertz CT molecular complexity index is 702. The molecule has 9 heteroatoms.